The fourth-order valence-corrected chi connectivity index (χ4v) is 3.72. The number of esters is 2. The summed E-state index contributed by atoms with van der Waals surface area (Å²) in [5.74, 6) is -3.14. The van der Waals surface area contributed by atoms with Crippen LogP contribution in [0.15, 0.2) is 30.3 Å². The van der Waals surface area contributed by atoms with Crippen molar-refractivity contribution >= 4 is 29.7 Å². The largest absolute Gasteiger partial charge is 0.481 e. The molecule has 1 saturated heterocycles. The molecule has 0 radical (unpaired) electrons. The molecule has 9 heteroatoms. The molecular formula is C19H25NO7S. The van der Waals surface area contributed by atoms with Gasteiger partial charge in [-0.1, -0.05) is 30.3 Å². The van der Waals surface area contributed by atoms with Crippen LogP contribution in [0.4, 0.5) is 0 Å². The summed E-state index contributed by atoms with van der Waals surface area (Å²) in [6.07, 6.45) is 0.575. The second kappa shape index (κ2) is 11.7. The van der Waals surface area contributed by atoms with E-state index in [1.54, 1.807) is 30.8 Å². The van der Waals surface area contributed by atoms with Crippen molar-refractivity contribution in [3.05, 3.63) is 35.9 Å². The Balaban J connectivity index is 1.68. The molecular weight excluding hydrogens is 386 g/mol. The number of rotatable bonds is 11. The second-order valence-corrected chi connectivity index (χ2v) is 7.38. The van der Waals surface area contributed by atoms with Crippen molar-refractivity contribution in [2.75, 3.05) is 25.6 Å². The number of nitrogens with one attached hydrogen (secondary N) is 1. The average Bonchev–Trinajstić information content (AvgIpc) is 3.16. The van der Waals surface area contributed by atoms with Crippen LogP contribution in [0.5, 0.6) is 0 Å². The van der Waals surface area contributed by atoms with Crippen molar-refractivity contribution in [3.63, 3.8) is 0 Å². The maximum Gasteiger partial charge on any atom is 0.324 e. The van der Waals surface area contributed by atoms with Gasteiger partial charge >= 0.3 is 17.9 Å². The third-order valence-electron chi connectivity index (χ3n) is 4.04. The highest BCUT2D eigenvalue weighted by atomic mass is 32.2. The van der Waals surface area contributed by atoms with E-state index in [-0.39, 0.29) is 37.2 Å². The molecule has 2 N–H and O–H groups in total. The van der Waals surface area contributed by atoms with Gasteiger partial charge in [-0.2, -0.15) is 0 Å². The van der Waals surface area contributed by atoms with Crippen molar-refractivity contribution in [1.29, 1.82) is 0 Å². The SMILES string of the molecule is CCOC(=O)[C@@H]1CSC(CCOCC(C(=O)O)C(=O)OCc2ccccc2)N1. The zero-order valence-electron chi connectivity index (χ0n) is 15.7. The van der Waals surface area contributed by atoms with Crippen molar-refractivity contribution in [3.8, 4) is 0 Å². The van der Waals surface area contributed by atoms with Crippen LogP contribution in [0.1, 0.15) is 18.9 Å². The Labute approximate surface area is 167 Å². The van der Waals surface area contributed by atoms with E-state index in [1.165, 1.54) is 0 Å². The van der Waals surface area contributed by atoms with Gasteiger partial charge in [-0.15, -0.1) is 11.8 Å². The quantitative estimate of drug-likeness (QED) is 0.317. The molecule has 0 aromatic heterocycles. The Hall–Kier alpha value is -2.10. The summed E-state index contributed by atoms with van der Waals surface area (Å²) in [5, 5.41) is 12.4. The number of benzene rings is 1. The summed E-state index contributed by atoms with van der Waals surface area (Å²) < 4.78 is 15.4. The topological polar surface area (TPSA) is 111 Å². The second-order valence-electron chi connectivity index (χ2n) is 6.14. The minimum Gasteiger partial charge on any atom is -0.481 e. The van der Waals surface area contributed by atoms with Gasteiger partial charge in [0.2, 0.25) is 0 Å². The molecule has 0 saturated carbocycles. The number of aliphatic carboxylic acids is 1. The molecule has 0 bridgehead atoms. The molecule has 1 aromatic carbocycles. The first kappa shape index (κ1) is 22.2. The zero-order chi connectivity index (χ0) is 20.4. The Kier molecular flexibility index (Phi) is 9.26. The van der Waals surface area contributed by atoms with Crippen LogP contribution in [-0.4, -0.2) is 60.0 Å². The summed E-state index contributed by atoms with van der Waals surface area (Å²) >= 11 is 1.58. The van der Waals surface area contributed by atoms with Crippen molar-refractivity contribution < 1.29 is 33.7 Å². The first-order chi connectivity index (χ1) is 13.5. The first-order valence-electron chi connectivity index (χ1n) is 9.06. The molecule has 0 spiro atoms. The summed E-state index contributed by atoms with van der Waals surface area (Å²) in [7, 11) is 0. The number of carbonyl (C=O) groups excluding carboxylic acids is 2. The van der Waals surface area contributed by atoms with E-state index in [2.05, 4.69) is 5.32 Å². The molecule has 3 atom stereocenters. The normalized spacial score (nSPS) is 19.8. The van der Waals surface area contributed by atoms with E-state index in [4.69, 9.17) is 14.2 Å². The molecule has 8 nitrogen and oxygen atoms in total. The maximum atomic E-state index is 12.0. The summed E-state index contributed by atoms with van der Waals surface area (Å²) in [5.41, 5.74) is 0.779. The van der Waals surface area contributed by atoms with Gasteiger partial charge in [0.25, 0.3) is 0 Å². The Bertz CT molecular complexity index is 655. The number of carbonyl (C=O) groups is 3. The van der Waals surface area contributed by atoms with Gasteiger partial charge in [0.15, 0.2) is 5.92 Å². The maximum absolute atomic E-state index is 12.0. The molecule has 154 valence electrons. The van der Waals surface area contributed by atoms with E-state index in [9.17, 15) is 19.5 Å². The molecule has 2 unspecified atom stereocenters. The Morgan fingerprint density at radius 1 is 1.25 bits per heavy atom. The van der Waals surface area contributed by atoms with Gasteiger partial charge in [-0.3, -0.25) is 19.7 Å². The van der Waals surface area contributed by atoms with Crippen LogP contribution < -0.4 is 5.32 Å². The minimum absolute atomic E-state index is 0.0152. The van der Waals surface area contributed by atoms with Gasteiger partial charge in [-0.05, 0) is 18.9 Å². The highest BCUT2D eigenvalue weighted by molar-refractivity contribution is 8.00. The molecule has 0 aliphatic carbocycles. The number of carboxylic acids is 1. The number of thioether (sulfide) groups is 1. The molecule has 1 fully saturated rings. The van der Waals surface area contributed by atoms with E-state index in [1.807, 2.05) is 18.2 Å². The molecule has 1 aliphatic rings. The van der Waals surface area contributed by atoms with E-state index >= 15 is 0 Å². The van der Waals surface area contributed by atoms with Crippen LogP contribution in [0.25, 0.3) is 0 Å². The van der Waals surface area contributed by atoms with Gasteiger partial charge < -0.3 is 19.3 Å². The number of hydrogen-bond donors (Lipinski definition) is 2. The predicted molar refractivity (Wildman–Crippen MR) is 103 cm³/mol. The minimum atomic E-state index is -1.37. The zero-order valence-corrected chi connectivity index (χ0v) is 16.5. The fourth-order valence-electron chi connectivity index (χ4n) is 2.54. The van der Waals surface area contributed by atoms with Gasteiger partial charge in [0, 0.05) is 12.4 Å². The van der Waals surface area contributed by atoms with Crippen molar-refractivity contribution in [1.82, 2.24) is 5.32 Å². The lowest BCUT2D eigenvalue weighted by atomic mass is 10.1. The monoisotopic (exact) mass is 411 g/mol. The highest BCUT2D eigenvalue weighted by Crippen LogP contribution is 2.22. The van der Waals surface area contributed by atoms with Crippen LogP contribution >= 0.6 is 11.8 Å². The molecule has 1 heterocycles. The third-order valence-corrected chi connectivity index (χ3v) is 5.34. The highest BCUT2D eigenvalue weighted by Gasteiger charge is 2.31. The van der Waals surface area contributed by atoms with E-state index in [0.29, 0.717) is 18.8 Å². The summed E-state index contributed by atoms with van der Waals surface area (Å²) in [6, 6.07) is 8.69. The van der Waals surface area contributed by atoms with Gasteiger partial charge in [-0.25, -0.2) is 0 Å². The summed E-state index contributed by atoms with van der Waals surface area (Å²) in [6.45, 7) is 2.11. The lowest BCUT2D eigenvalue weighted by Gasteiger charge is -2.15. The number of carboxylic acid groups (broad SMARTS) is 1. The van der Waals surface area contributed by atoms with Crippen LogP contribution in [0, 0.1) is 5.92 Å². The standard InChI is InChI=1S/C19H25NO7S/c1-2-26-19(24)15-12-28-16(20-15)8-9-25-11-14(17(21)22)18(23)27-10-13-6-4-3-5-7-13/h3-7,14-16,20H,2,8-12H2,1H3,(H,21,22)/t14?,15-,16?/m0/s1. The number of hydrogen-bond acceptors (Lipinski definition) is 8. The molecule has 2 rings (SSSR count). The molecule has 0 amide bonds. The third kappa shape index (κ3) is 7.14. The molecule has 1 aliphatic heterocycles. The lowest BCUT2D eigenvalue weighted by molar-refractivity contribution is -0.162. The van der Waals surface area contributed by atoms with Crippen LogP contribution in [0.3, 0.4) is 0 Å². The smallest absolute Gasteiger partial charge is 0.324 e. The molecule has 1 aromatic rings. The fraction of sp³-hybridized carbons (Fsp3) is 0.526. The van der Waals surface area contributed by atoms with Crippen LogP contribution in [0.2, 0.25) is 0 Å². The Morgan fingerprint density at radius 3 is 2.68 bits per heavy atom. The average molecular weight is 411 g/mol. The first-order valence-corrected chi connectivity index (χ1v) is 10.1. The van der Waals surface area contributed by atoms with E-state index < -0.39 is 17.9 Å². The van der Waals surface area contributed by atoms with E-state index in [0.717, 1.165) is 5.56 Å². The van der Waals surface area contributed by atoms with Crippen LogP contribution in [-0.2, 0) is 35.2 Å². The Morgan fingerprint density at radius 2 is 2.00 bits per heavy atom. The predicted octanol–water partition coefficient (Wildman–Crippen LogP) is 1.43. The number of ether oxygens (including phenoxy) is 3. The van der Waals surface area contributed by atoms with Gasteiger partial charge in [0.1, 0.15) is 12.6 Å². The summed E-state index contributed by atoms with van der Waals surface area (Å²) in [4.78, 5) is 35.0. The molecule has 28 heavy (non-hydrogen) atoms. The van der Waals surface area contributed by atoms with Gasteiger partial charge in [0.05, 0.1) is 18.6 Å². The van der Waals surface area contributed by atoms with Crippen molar-refractivity contribution in [2.45, 2.75) is 31.4 Å². The lowest BCUT2D eigenvalue weighted by Crippen LogP contribution is -2.38. The van der Waals surface area contributed by atoms with Crippen molar-refractivity contribution in [2.24, 2.45) is 5.92 Å².